The first-order chi connectivity index (χ1) is 12.4. The molecule has 140 valence electrons. The van der Waals surface area contributed by atoms with Gasteiger partial charge in [-0.25, -0.2) is 4.79 Å². The van der Waals surface area contributed by atoms with Gasteiger partial charge in [-0.05, 0) is 30.8 Å². The van der Waals surface area contributed by atoms with E-state index in [0.717, 1.165) is 11.3 Å². The van der Waals surface area contributed by atoms with E-state index in [1.54, 1.807) is 18.2 Å². The highest BCUT2D eigenvalue weighted by Crippen LogP contribution is 2.36. The van der Waals surface area contributed by atoms with Gasteiger partial charge in [-0.1, -0.05) is 18.5 Å². The van der Waals surface area contributed by atoms with Crippen molar-refractivity contribution in [3.05, 3.63) is 33.7 Å². The molecule has 0 aliphatic heterocycles. The van der Waals surface area contributed by atoms with Crippen LogP contribution in [-0.2, 0) is 11.2 Å². The Hall–Kier alpha value is -2.03. The highest BCUT2D eigenvalue weighted by molar-refractivity contribution is 7.80. The predicted octanol–water partition coefficient (Wildman–Crippen LogP) is 4.58. The van der Waals surface area contributed by atoms with E-state index < -0.39 is 5.97 Å². The van der Waals surface area contributed by atoms with Gasteiger partial charge in [0.05, 0.1) is 37.6 Å². The first kappa shape index (κ1) is 20.3. The molecule has 26 heavy (non-hydrogen) atoms. The van der Waals surface area contributed by atoms with E-state index >= 15 is 0 Å². The van der Waals surface area contributed by atoms with Crippen LogP contribution < -0.4 is 20.1 Å². The van der Waals surface area contributed by atoms with Gasteiger partial charge in [-0.2, -0.15) is 0 Å². The number of ether oxygens (including phenoxy) is 3. The third kappa shape index (κ3) is 4.57. The van der Waals surface area contributed by atoms with Crippen molar-refractivity contribution in [2.45, 2.75) is 13.3 Å². The summed E-state index contributed by atoms with van der Waals surface area (Å²) in [6, 6.07) is 5.11. The van der Waals surface area contributed by atoms with Crippen molar-refractivity contribution < 1.29 is 19.0 Å². The summed E-state index contributed by atoms with van der Waals surface area (Å²) < 4.78 is 15.3. The summed E-state index contributed by atoms with van der Waals surface area (Å²) in [5, 5.41) is 7.38. The molecule has 0 atom stereocenters. The maximum Gasteiger partial charge on any atom is 0.340 e. The molecule has 0 aliphatic rings. The first-order valence-electron chi connectivity index (χ1n) is 7.64. The number of esters is 1. The summed E-state index contributed by atoms with van der Waals surface area (Å²) in [6.45, 7) is 2.01. The van der Waals surface area contributed by atoms with Gasteiger partial charge in [0.25, 0.3) is 0 Å². The minimum absolute atomic E-state index is 0.291. The molecular weight excluding hydrogens is 396 g/mol. The van der Waals surface area contributed by atoms with E-state index in [0.29, 0.717) is 37.9 Å². The Morgan fingerprint density at radius 1 is 1.15 bits per heavy atom. The zero-order valence-corrected chi connectivity index (χ0v) is 17.2. The molecule has 2 N–H and O–H groups in total. The molecule has 9 heteroatoms. The summed E-state index contributed by atoms with van der Waals surface area (Å²) in [6.07, 6.45) is 0.804. The average molecular weight is 415 g/mol. The average Bonchev–Trinajstić information content (AvgIpc) is 3.04. The normalized spacial score (nSPS) is 10.2. The Morgan fingerprint density at radius 3 is 2.42 bits per heavy atom. The number of thiophene rings is 1. The highest BCUT2D eigenvalue weighted by Gasteiger charge is 2.18. The summed E-state index contributed by atoms with van der Waals surface area (Å²) in [5.74, 6) is 0.590. The van der Waals surface area contributed by atoms with Crippen molar-refractivity contribution >= 4 is 56.9 Å². The molecule has 0 saturated heterocycles. The van der Waals surface area contributed by atoms with E-state index in [1.807, 2.05) is 6.92 Å². The molecule has 0 spiro atoms. The van der Waals surface area contributed by atoms with E-state index in [-0.39, 0.29) is 0 Å². The fourth-order valence-electron chi connectivity index (χ4n) is 2.19. The van der Waals surface area contributed by atoms with Crippen LogP contribution in [-0.4, -0.2) is 32.4 Å². The zero-order chi connectivity index (χ0) is 19.3. The molecule has 1 heterocycles. The molecule has 0 bridgehead atoms. The van der Waals surface area contributed by atoms with Crippen molar-refractivity contribution in [3.8, 4) is 11.5 Å². The van der Waals surface area contributed by atoms with Gasteiger partial charge in [0.15, 0.2) is 5.11 Å². The van der Waals surface area contributed by atoms with E-state index in [1.165, 1.54) is 32.7 Å². The first-order valence-corrected chi connectivity index (χ1v) is 9.24. The zero-order valence-electron chi connectivity index (χ0n) is 14.8. The Bertz CT molecular complexity index is 823. The van der Waals surface area contributed by atoms with Crippen LogP contribution in [0.2, 0.25) is 5.02 Å². The molecule has 0 saturated carbocycles. The number of thiocarbonyl (C=S) groups is 1. The van der Waals surface area contributed by atoms with Crippen LogP contribution in [0.15, 0.2) is 18.2 Å². The lowest BCUT2D eigenvalue weighted by molar-refractivity contribution is 0.0602. The fourth-order valence-corrected chi connectivity index (χ4v) is 3.69. The number of methoxy groups -OCH3 is 3. The summed E-state index contributed by atoms with van der Waals surface area (Å²) in [4.78, 5) is 13.0. The minimum Gasteiger partial charge on any atom is -0.495 e. The van der Waals surface area contributed by atoms with Crippen LogP contribution in [0.5, 0.6) is 11.5 Å². The number of hydrogen-bond acceptors (Lipinski definition) is 6. The predicted molar refractivity (Wildman–Crippen MR) is 109 cm³/mol. The highest BCUT2D eigenvalue weighted by atomic mass is 35.5. The number of nitrogens with one attached hydrogen (secondary N) is 2. The monoisotopic (exact) mass is 414 g/mol. The van der Waals surface area contributed by atoms with Crippen molar-refractivity contribution in [2.24, 2.45) is 0 Å². The maximum absolute atomic E-state index is 11.9. The number of anilines is 2. The third-order valence-corrected chi connectivity index (χ3v) is 5.18. The number of benzene rings is 1. The number of aryl methyl sites for hydroxylation is 1. The molecule has 2 aromatic rings. The Morgan fingerprint density at radius 2 is 1.85 bits per heavy atom. The van der Waals surface area contributed by atoms with Gasteiger partial charge in [0.2, 0.25) is 0 Å². The SMILES string of the molecule is CCc1cc(C(=O)OC)c(NC(=S)Nc2cc(Cl)c(OC)cc2OC)s1. The molecule has 6 nitrogen and oxygen atoms in total. The van der Waals surface area contributed by atoms with Crippen molar-refractivity contribution in [1.29, 1.82) is 0 Å². The van der Waals surface area contributed by atoms with Gasteiger partial charge in [-0.15, -0.1) is 11.3 Å². The van der Waals surface area contributed by atoms with E-state index in [4.69, 9.17) is 38.0 Å². The van der Waals surface area contributed by atoms with Gasteiger partial charge >= 0.3 is 5.97 Å². The number of carbonyl (C=O) groups excluding carboxylic acids is 1. The van der Waals surface area contributed by atoms with E-state index in [2.05, 4.69) is 10.6 Å². The standard InChI is InChI=1S/C17H19ClN2O4S2/c1-5-9-6-10(16(21)24-4)15(26-9)20-17(25)19-12-7-11(18)13(22-2)8-14(12)23-3/h6-8H,5H2,1-4H3,(H2,19,20,25). The lowest BCUT2D eigenvalue weighted by atomic mass is 10.2. The molecule has 0 unspecified atom stereocenters. The molecule has 0 amide bonds. The summed E-state index contributed by atoms with van der Waals surface area (Å²) in [7, 11) is 4.40. The third-order valence-electron chi connectivity index (χ3n) is 3.49. The molecule has 1 aromatic carbocycles. The summed E-state index contributed by atoms with van der Waals surface area (Å²) in [5.41, 5.74) is 1.01. The van der Waals surface area contributed by atoms with Crippen LogP contribution in [0.3, 0.4) is 0 Å². The summed E-state index contributed by atoms with van der Waals surface area (Å²) >= 11 is 13.0. The number of hydrogen-bond donors (Lipinski definition) is 2. The molecule has 0 radical (unpaired) electrons. The minimum atomic E-state index is -0.420. The Kier molecular flexibility index (Phi) is 7.07. The van der Waals surface area contributed by atoms with Crippen LogP contribution in [0.1, 0.15) is 22.2 Å². The number of halogens is 1. The van der Waals surface area contributed by atoms with Crippen LogP contribution >= 0.6 is 35.2 Å². The second kappa shape index (κ2) is 9.07. The smallest absolute Gasteiger partial charge is 0.340 e. The second-order valence-corrected chi connectivity index (χ2v) is 7.02. The van der Waals surface area contributed by atoms with Gasteiger partial charge < -0.3 is 24.8 Å². The molecular formula is C17H19ClN2O4S2. The topological polar surface area (TPSA) is 68.8 Å². The number of carbonyl (C=O) groups is 1. The van der Waals surface area contributed by atoms with E-state index in [9.17, 15) is 4.79 Å². The Labute approximate surface area is 166 Å². The van der Waals surface area contributed by atoms with Crippen LogP contribution in [0.4, 0.5) is 10.7 Å². The molecule has 0 fully saturated rings. The molecule has 1 aromatic heterocycles. The Balaban J connectivity index is 2.23. The number of rotatable bonds is 6. The maximum atomic E-state index is 11.9. The molecule has 0 aliphatic carbocycles. The van der Waals surface area contributed by atoms with Gasteiger partial charge in [0, 0.05) is 10.9 Å². The van der Waals surface area contributed by atoms with Crippen molar-refractivity contribution in [2.75, 3.05) is 32.0 Å². The second-order valence-electron chi connectivity index (χ2n) is 5.07. The quantitative estimate of drug-likeness (QED) is 0.529. The van der Waals surface area contributed by atoms with Crippen molar-refractivity contribution in [3.63, 3.8) is 0 Å². The van der Waals surface area contributed by atoms with Gasteiger partial charge in [0.1, 0.15) is 16.5 Å². The lowest BCUT2D eigenvalue weighted by Crippen LogP contribution is -2.20. The molecule has 2 rings (SSSR count). The fraction of sp³-hybridized carbons (Fsp3) is 0.294. The van der Waals surface area contributed by atoms with Crippen molar-refractivity contribution in [1.82, 2.24) is 0 Å². The lowest BCUT2D eigenvalue weighted by Gasteiger charge is -2.15. The largest absolute Gasteiger partial charge is 0.495 e. The van der Waals surface area contributed by atoms with Crippen LogP contribution in [0.25, 0.3) is 0 Å². The van der Waals surface area contributed by atoms with Gasteiger partial charge in [-0.3, -0.25) is 0 Å². The van der Waals surface area contributed by atoms with Crippen LogP contribution in [0, 0.1) is 0 Å².